The minimum Gasteiger partial charge on any atom is -0.320 e. The average Bonchev–Trinajstić information content (AvgIpc) is 2.46. The van der Waals surface area contributed by atoms with Crippen molar-refractivity contribution in [3.63, 3.8) is 0 Å². The number of hydrogen-bond donors (Lipinski definition) is 1. The van der Waals surface area contributed by atoms with E-state index >= 15 is 0 Å². The summed E-state index contributed by atoms with van der Waals surface area (Å²) in [4.78, 5) is 11.8. The van der Waals surface area contributed by atoms with Crippen molar-refractivity contribution in [3.05, 3.63) is 0 Å². The highest BCUT2D eigenvalue weighted by Crippen LogP contribution is 2.24. The number of rotatable bonds is 5. The van der Waals surface area contributed by atoms with Crippen molar-refractivity contribution in [1.82, 2.24) is 5.32 Å². The Morgan fingerprint density at radius 1 is 1.21 bits per heavy atom. The maximum atomic E-state index is 11.8. The molecule has 1 saturated carbocycles. The second kappa shape index (κ2) is 6.99. The third-order valence-corrected chi connectivity index (χ3v) is 3.16. The van der Waals surface area contributed by atoms with Gasteiger partial charge >= 0.3 is 0 Å². The lowest BCUT2D eigenvalue weighted by Crippen LogP contribution is -2.16. The van der Waals surface area contributed by atoms with Crippen molar-refractivity contribution in [2.24, 2.45) is 5.92 Å². The number of Topliss-reactive ketones (excluding diaryl/α,β-unsaturated/α-hetero) is 1. The van der Waals surface area contributed by atoms with Crippen molar-refractivity contribution < 1.29 is 4.79 Å². The van der Waals surface area contributed by atoms with Crippen molar-refractivity contribution in [3.8, 4) is 0 Å². The Hall–Kier alpha value is -0.370. The first-order valence-corrected chi connectivity index (χ1v) is 6.02. The van der Waals surface area contributed by atoms with Crippen LogP contribution in [0.4, 0.5) is 0 Å². The molecule has 0 radical (unpaired) electrons. The number of hydrogen-bond acceptors (Lipinski definition) is 2. The lowest BCUT2D eigenvalue weighted by molar-refractivity contribution is -0.123. The summed E-state index contributed by atoms with van der Waals surface area (Å²) >= 11 is 0. The predicted molar refractivity (Wildman–Crippen MR) is 59.4 cm³/mol. The van der Waals surface area contributed by atoms with E-state index in [4.69, 9.17) is 0 Å². The zero-order valence-electron chi connectivity index (χ0n) is 9.35. The monoisotopic (exact) mass is 197 g/mol. The van der Waals surface area contributed by atoms with Gasteiger partial charge in [-0.1, -0.05) is 25.7 Å². The number of nitrogens with one attached hydrogen (secondary N) is 1. The lowest BCUT2D eigenvalue weighted by atomic mass is 9.93. The van der Waals surface area contributed by atoms with E-state index < -0.39 is 0 Å². The Bertz CT molecular complexity index is 160. The zero-order valence-corrected chi connectivity index (χ0v) is 9.35. The topological polar surface area (TPSA) is 29.1 Å². The van der Waals surface area contributed by atoms with E-state index in [0.717, 1.165) is 32.2 Å². The second-order valence-corrected chi connectivity index (χ2v) is 4.36. The molecule has 0 spiro atoms. The number of ketones is 1. The molecule has 0 aromatic carbocycles. The first-order chi connectivity index (χ1) is 6.84. The summed E-state index contributed by atoms with van der Waals surface area (Å²) in [6.07, 6.45) is 9.29. The highest BCUT2D eigenvalue weighted by Gasteiger charge is 2.18. The second-order valence-electron chi connectivity index (χ2n) is 4.36. The normalized spacial score (nSPS) is 19.2. The fourth-order valence-electron chi connectivity index (χ4n) is 2.24. The third-order valence-electron chi connectivity index (χ3n) is 3.16. The molecule has 1 rings (SSSR count). The molecule has 0 aromatic heterocycles. The summed E-state index contributed by atoms with van der Waals surface area (Å²) in [5.74, 6) is 0.913. The van der Waals surface area contributed by atoms with E-state index in [9.17, 15) is 4.79 Å². The van der Waals surface area contributed by atoms with Gasteiger partial charge in [0, 0.05) is 12.3 Å². The van der Waals surface area contributed by atoms with Crippen molar-refractivity contribution in [2.75, 3.05) is 13.6 Å². The van der Waals surface area contributed by atoms with E-state index in [1.807, 2.05) is 7.05 Å². The van der Waals surface area contributed by atoms with E-state index in [0.29, 0.717) is 11.7 Å². The Morgan fingerprint density at radius 2 is 1.86 bits per heavy atom. The molecule has 1 aliphatic rings. The molecule has 82 valence electrons. The predicted octanol–water partition coefficient (Wildman–Crippen LogP) is 2.53. The molecule has 0 aliphatic heterocycles. The molecule has 0 amide bonds. The summed E-state index contributed by atoms with van der Waals surface area (Å²) in [6, 6.07) is 0. The first kappa shape index (κ1) is 11.7. The average molecular weight is 197 g/mol. The van der Waals surface area contributed by atoms with Gasteiger partial charge in [0.25, 0.3) is 0 Å². The Morgan fingerprint density at radius 3 is 2.43 bits per heavy atom. The van der Waals surface area contributed by atoms with E-state index in [2.05, 4.69) is 5.32 Å². The van der Waals surface area contributed by atoms with Crippen LogP contribution < -0.4 is 5.32 Å². The van der Waals surface area contributed by atoms with Crippen LogP contribution in [0.5, 0.6) is 0 Å². The molecule has 0 saturated heterocycles. The van der Waals surface area contributed by atoms with Crippen LogP contribution in [0.15, 0.2) is 0 Å². The van der Waals surface area contributed by atoms with Crippen LogP contribution in [-0.2, 0) is 4.79 Å². The largest absolute Gasteiger partial charge is 0.320 e. The molecule has 1 aliphatic carbocycles. The Labute approximate surface area is 87.5 Å². The molecule has 1 fully saturated rings. The fourth-order valence-corrected chi connectivity index (χ4v) is 2.24. The molecule has 1 N–H and O–H groups in total. The summed E-state index contributed by atoms with van der Waals surface area (Å²) in [7, 11) is 1.94. The molecule has 0 unspecified atom stereocenters. The molecule has 0 bridgehead atoms. The Kier molecular flexibility index (Phi) is 5.85. The number of carbonyl (C=O) groups is 1. The molecule has 0 atom stereocenters. The smallest absolute Gasteiger partial charge is 0.136 e. The maximum absolute atomic E-state index is 11.8. The van der Waals surface area contributed by atoms with Gasteiger partial charge in [-0.05, 0) is 32.9 Å². The van der Waals surface area contributed by atoms with Crippen LogP contribution in [0.25, 0.3) is 0 Å². The first-order valence-electron chi connectivity index (χ1n) is 6.02. The van der Waals surface area contributed by atoms with Crippen LogP contribution in [0, 0.1) is 5.92 Å². The van der Waals surface area contributed by atoms with Crippen molar-refractivity contribution in [2.45, 2.75) is 51.4 Å². The summed E-state index contributed by atoms with van der Waals surface area (Å²) in [6.45, 7) is 0.971. The van der Waals surface area contributed by atoms with Gasteiger partial charge in [-0.2, -0.15) is 0 Å². The van der Waals surface area contributed by atoms with Gasteiger partial charge in [-0.3, -0.25) is 4.79 Å². The van der Waals surface area contributed by atoms with Crippen LogP contribution >= 0.6 is 0 Å². The standard InChI is InChI=1S/C12H23NO/c1-13-10-6-9-12(14)11-7-4-2-3-5-8-11/h11,13H,2-10H2,1H3. The van der Waals surface area contributed by atoms with Crippen molar-refractivity contribution >= 4 is 5.78 Å². The minimum atomic E-state index is 0.398. The SMILES string of the molecule is CNCCCC(=O)C1CCCCCC1. The van der Waals surface area contributed by atoms with Gasteiger partial charge < -0.3 is 5.32 Å². The highest BCUT2D eigenvalue weighted by atomic mass is 16.1. The van der Waals surface area contributed by atoms with Crippen LogP contribution in [0.3, 0.4) is 0 Å². The molecule has 2 heteroatoms. The minimum absolute atomic E-state index is 0.398. The van der Waals surface area contributed by atoms with Crippen molar-refractivity contribution in [1.29, 1.82) is 0 Å². The number of carbonyl (C=O) groups excluding carboxylic acids is 1. The molecule has 0 aromatic rings. The molecule has 2 nitrogen and oxygen atoms in total. The van der Waals surface area contributed by atoms with Gasteiger partial charge in [0.2, 0.25) is 0 Å². The molecule has 0 heterocycles. The quantitative estimate of drug-likeness (QED) is 0.542. The highest BCUT2D eigenvalue weighted by molar-refractivity contribution is 5.80. The van der Waals surface area contributed by atoms with Crippen LogP contribution in [0.2, 0.25) is 0 Å². The van der Waals surface area contributed by atoms with Gasteiger partial charge in [-0.25, -0.2) is 0 Å². The van der Waals surface area contributed by atoms with Crippen LogP contribution in [0.1, 0.15) is 51.4 Å². The molecular formula is C12H23NO. The Balaban J connectivity index is 2.20. The molecule has 14 heavy (non-hydrogen) atoms. The summed E-state index contributed by atoms with van der Waals surface area (Å²) < 4.78 is 0. The lowest BCUT2D eigenvalue weighted by Gasteiger charge is -2.12. The van der Waals surface area contributed by atoms with Gasteiger partial charge in [0.1, 0.15) is 5.78 Å². The summed E-state index contributed by atoms with van der Waals surface area (Å²) in [5.41, 5.74) is 0. The van der Waals surface area contributed by atoms with Gasteiger partial charge in [0.15, 0.2) is 0 Å². The van der Waals surface area contributed by atoms with Gasteiger partial charge in [0.05, 0.1) is 0 Å². The van der Waals surface area contributed by atoms with E-state index in [1.165, 1.54) is 25.7 Å². The summed E-state index contributed by atoms with van der Waals surface area (Å²) in [5, 5.41) is 3.09. The maximum Gasteiger partial charge on any atom is 0.136 e. The third kappa shape index (κ3) is 4.23. The zero-order chi connectivity index (χ0) is 10.2. The van der Waals surface area contributed by atoms with E-state index in [1.54, 1.807) is 0 Å². The molecular weight excluding hydrogens is 174 g/mol. The van der Waals surface area contributed by atoms with Gasteiger partial charge in [-0.15, -0.1) is 0 Å². The van der Waals surface area contributed by atoms with Crippen LogP contribution in [-0.4, -0.2) is 19.4 Å². The fraction of sp³-hybridized carbons (Fsp3) is 0.917. The van der Waals surface area contributed by atoms with E-state index in [-0.39, 0.29) is 0 Å².